The Labute approximate surface area is 163 Å². The molecule has 1 unspecified atom stereocenters. The summed E-state index contributed by atoms with van der Waals surface area (Å²) < 4.78 is 21.4. The van der Waals surface area contributed by atoms with E-state index in [1.165, 1.54) is 0 Å². The Morgan fingerprint density at radius 2 is 1.48 bits per heavy atom. The molecule has 1 heterocycles. The molecule has 2 atom stereocenters. The van der Waals surface area contributed by atoms with Crippen molar-refractivity contribution in [2.75, 3.05) is 33.3 Å². The van der Waals surface area contributed by atoms with E-state index in [-0.39, 0.29) is 17.9 Å². The summed E-state index contributed by atoms with van der Waals surface area (Å²) in [5, 5.41) is 0.506. The van der Waals surface area contributed by atoms with Crippen molar-refractivity contribution in [1.29, 1.82) is 0 Å². The molecule has 0 aromatic heterocycles. The van der Waals surface area contributed by atoms with Crippen molar-refractivity contribution in [3.63, 3.8) is 0 Å². The molecule has 3 rings (SSSR count). The fourth-order valence-electron chi connectivity index (χ4n) is 3.43. The topological polar surface area (TPSA) is 57.2 Å². The lowest BCUT2D eigenvalue weighted by molar-refractivity contribution is -0.129. The zero-order chi connectivity index (χ0) is 19.7. The fraction of sp³-hybridized carbons (Fsp3) is 0.350. The van der Waals surface area contributed by atoms with Crippen molar-refractivity contribution in [1.82, 2.24) is 0 Å². The van der Waals surface area contributed by atoms with Gasteiger partial charge in [0.1, 0.15) is 5.75 Å². The number of methoxy groups -OCH3 is 4. The molecule has 2 aromatic rings. The monoisotopic (exact) mass is 391 g/mol. The SMILES string of the molecule is COc1ccc([C@H]2C(C)C(=O)N2c2cc(OC)c(OC)c(OC)c2)cc1Cl. The first-order valence-electron chi connectivity index (χ1n) is 8.43. The molecule has 0 radical (unpaired) electrons. The summed E-state index contributed by atoms with van der Waals surface area (Å²) >= 11 is 6.28. The third-order valence-corrected chi connectivity index (χ3v) is 5.12. The van der Waals surface area contributed by atoms with Gasteiger partial charge in [-0.1, -0.05) is 24.6 Å². The Morgan fingerprint density at radius 3 is 1.96 bits per heavy atom. The smallest absolute Gasteiger partial charge is 0.232 e. The van der Waals surface area contributed by atoms with Crippen LogP contribution in [-0.2, 0) is 4.79 Å². The van der Waals surface area contributed by atoms with E-state index in [0.717, 1.165) is 5.56 Å². The molecular formula is C20H22ClNO5. The normalized spacial score (nSPS) is 18.7. The van der Waals surface area contributed by atoms with Gasteiger partial charge in [0.25, 0.3) is 0 Å². The molecule has 0 saturated carbocycles. The summed E-state index contributed by atoms with van der Waals surface area (Å²) in [5.41, 5.74) is 1.60. The van der Waals surface area contributed by atoms with E-state index < -0.39 is 0 Å². The van der Waals surface area contributed by atoms with Crippen LogP contribution >= 0.6 is 11.6 Å². The number of carbonyl (C=O) groups is 1. The van der Waals surface area contributed by atoms with Crippen LogP contribution in [0.1, 0.15) is 18.5 Å². The van der Waals surface area contributed by atoms with Crippen molar-refractivity contribution < 1.29 is 23.7 Å². The van der Waals surface area contributed by atoms with Gasteiger partial charge in [0.2, 0.25) is 11.7 Å². The van der Waals surface area contributed by atoms with Crippen molar-refractivity contribution in [3.8, 4) is 23.0 Å². The standard InChI is InChI=1S/C20H22ClNO5/c1-11-18(12-6-7-15(24-2)14(21)8-12)22(20(11)23)13-9-16(25-3)19(27-5)17(10-13)26-4/h6-11,18H,1-5H3/t11?,18-/m1/s1. The summed E-state index contributed by atoms with van der Waals surface area (Å²) in [4.78, 5) is 14.4. The lowest BCUT2D eigenvalue weighted by atomic mass is 9.83. The molecule has 1 aliphatic rings. The van der Waals surface area contributed by atoms with Gasteiger partial charge in [0, 0.05) is 12.1 Å². The number of ether oxygens (including phenoxy) is 4. The molecule has 0 aliphatic carbocycles. The van der Waals surface area contributed by atoms with Gasteiger partial charge in [-0.15, -0.1) is 0 Å². The zero-order valence-corrected chi connectivity index (χ0v) is 16.7. The van der Waals surface area contributed by atoms with Crippen LogP contribution in [0.3, 0.4) is 0 Å². The largest absolute Gasteiger partial charge is 0.495 e. The second kappa shape index (κ2) is 7.56. The molecule has 2 aromatic carbocycles. The lowest BCUT2D eigenvalue weighted by Gasteiger charge is -2.46. The highest BCUT2D eigenvalue weighted by Crippen LogP contribution is 2.48. The molecule has 1 aliphatic heterocycles. The van der Waals surface area contributed by atoms with Crippen molar-refractivity contribution in [3.05, 3.63) is 40.9 Å². The number of rotatable bonds is 6. The Hall–Kier alpha value is -2.60. The van der Waals surface area contributed by atoms with Gasteiger partial charge in [-0.25, -0.2) is 0 Å². The van der Waals surface area contributed by atoms with E-state index in [1.807, 2.05) is 19.1 Å². The first kappa shape index (κ1) is 19.2. The second-order valence-corrected chi connectivity index (χ2v) is 6.63. The van der Waals surface area contributed by atoms with E-state index in [4.69, 9.17) is 30.5 Å². The minimum atomic E-state index is -0.173. The Bertz CT molecular complexity index is 844. The lowest BCUT2D eigenvalue weighted by Crippen LogP contribution is -2.54. The van der Waals surface area contributed by atoms with E-state index in [1.54, 1.807) is 51.5 Å². The summed E-state index contributed by atoms with van der Waals surface area (Å²) in [5.74, 6) is 1.90. The minimum absolute atomic E-state index is 0.0150. The van der Waals surface area contributed by atoms with Crippen LogP contribution in [0.4, 0.5) is 5.69 Å². The summed E-state index contributed by atoms with van der Waals surface area (Å²) in [6.07, 6.45) is 0. The molecule has 1 saturated heterocycles. The third kappa shape index (κ3) is 3.14. The minimum Gasteiger partial charge on any atom is -0.495 e. The predicted octanol–water partition coefficient (Wildman–Crippen LogP) is 4.10. The van der Waals surface area contributed by atoms with Gasteiger partial charge in [0.15, 0.2) is 11.5 Å². The maximum atomic E-state index is 12.7. The van der Waals surface area contributed by atoms with Gasteiger partial charge in [0.05, 0.1) is 51.1 Å². The second-order valence-electron chi connectivity index (χ2n) is 6.22. The number of halogens is 1. The van der Waals surface area contributed by atoms with Gasteiger partial charge in [-0.2, -0.15) is 0 Å². The van der Waals surface area contributed by atoms with Crippen LogP contribution < -0.4 is 23.8 Å². The van der Waals surface area contributed by atoms with Gasteiger partial charge < -0.3 is 23.8 Å². The summed E-state index contributed by atoms with van der Waals surface area (Å²) in [6.45, 7) is 1.90. The molecule has 144 valence electrons. The van der Waals surface area contributed by atoms with Crippen molar-refractivity contribution in [2.24, 2.45) is 5.92 Å². The summed E-state index contributed by atoms with van der Waals surface area (Å²) in [7, 11) is 6.20. The average Bonchev–Trinajstić information content (AvgIpc) is 2.69. The first-order chi connectivity index (χ1) is 13.0. The van der Waals surface area contributed by atoms with Crippen LogP contribution in [0.2, 0.25) is 5.02 Å². The molecule has 1 fully saturated rings. The van der Waals surface area contributed by atoms with Gasteiger partial charge >= 0.3 is 0 Å². The molecular weight excluding hydrogens is 370 g/mol. The number of nitrogens with zero attached hydrogens (tertiary/aromatic N) is 1. The Kier molecular flexibility index (Phi) is 5.37. The summed E-state index contributed by atoms with van der Waals surface area (Å²) in [6, 6.07) is 8.94. The zero-order valence-electron chi connectivity index (χ0n) is 15.9. The number of hydrogen-bond acceptors (Lipinski definition) is 5. The molecule has 27 heavy (non-hydrogen) atoms. The van der Waals surface area contributed by atoms with Crippen molar-refractivity contribution >= 4 is 23.2 Å². The molecule has 1 amide bonds. The van der Waals surface area contributed by atoms with Gasteiger partial charge in [-0.05, 0) is 17.7 Å². The van der Waals surface area contributed by atoms with E-state index in [0.29, 0.717) is 33.7 Å². The van der Waals surface area contributed by atoms with Crippen LogP contribution in [0.25, 0.3) is 0 Å². The van der Waals surface area contributed by atoms with E-state index in [2.05, 4.69) is 0 Å². The number of benzene rings is 2. The number of anilines is 1. The third-order valence-electron chi connectivity index (χ3n) is 4.82. The average molecular weight is 392 g/mol. The van der Waals surface area contributed by atoms with Crippen LogP contribution in [0.15, 0.2) is 30.3 Å². The van der Waals surface area contributed by atoms with E-state index in [9.17, 15) is 4.79 Å². The molecule has 0 N–H and O–H groups in total. The molecule has 6 nitrogen and oxygen atoms in total. The number of carbonyl (C=O) groups excluding carboxylic acids is 1. The quantitative estimate of drug-likeness (QED) is 0.694. The Balaban J connectivity index is 2.05. The van der Waals surface area contributed by atoms with Crippen LogP contribution in [0, 0.1) is 5.92 Å². The first-order valence-corrected chi connectivity index (χ1v) is 8.81. The fourth-order valence-corrected chi connectivity index (χ4v) is 3.70. The maximum absolute atomic E-state index is 12.7. The van der Waals surface area contributed by atoms with Crippen molar-refractivity contribution in [2.45, 2.75) is 13.0 Å². The number of β-lactam (4-membered cyclic amide) rings is 1. The maximum Gasteiger partial charge on any atom is 0.232 e. The van der Waals surface area contributed by atoms with Crippen LogP contribution in [-0.4, -0.2) is 34.3 Å². The highest BCUT2D eigenvalue weighted by Gasteiger charge is 2.46. The van der Waals surface area contributed by atoms with E-state index >= 15 is 0 Å². The number of amides is 1. The predicted molar refractivity (Wildman–Crippen MR) is 103 cm³/mol. The van der Waals surface area contributed by atoms with Crippen LogP contribution in [0.5, 0.6) is 23.0 Å². The number of hydrogen-bond donors (Lipinski definition) is 0. The highest BCUT2D eigenvalue weighted by molar-refractivity contribution is 6.32. The van der Waals surface area contributed by atoms with Gasteiger partial charge in [-0.3, -0.25) is 4.79 Å². The Morgan fingerprint density at radius 1 is 0.889 bits per heavy atom. The molecule has 7 heteroatoms. The highest BCUT2D eigenvalue weighted by atomic mass is 35.5. The molecule has 0 spiro atoms. The molecule has 0 bridgehead atoms.